The van der Waals surface area contributed by atoms with Crippen molar-refractivity contribution in [2.24, 2.45) is 5.92 Å². The maximum absolute atomic E-state index is 11.3. The first kappa shape index (κ1) is 9.83. The van der Waals surface area contributed by atoms with E-state index in [9.17, 15) is 9.59 Å². The highest BCUT2D eigenvalue weighted by molar-refractivity contribution is 7.99. The lowest BCUT2D eigenvalue weighted by Gasteiger charge is -2.24. The minimum atomic E-state index is -0.217. The number of imide groups is 1. The first-order chi connectivity index (χ1) is 6.77. The molecule has 0 aromatic carbocycles. The third kappa shape index (κ3) is 2.03. The largest absolute Gasteiger partial charge is 0.329 e. The first-order valence-corrected chi connectivity index (χ1v) is 6.09. The topological polar surface area (TPSA) is 49.4 Å². The molecule has 0 spiro atoms. The third-order valence-electron chi connectivity index (χ3n) is 2.63. The minimum absolute atomic E-state index is 0.0782. The standard InChI is InChI=1S/C9H14N2O2S/c12-8-4-10-9(13)11(8)5-7-2-1-3-14-6-7/h7H,1-6H2,(H,10,13). The molecule has 1 atom stereocenters. The molecule has 3 amide bonds. The fourth-order valence-electron chi connectivity index (χ4n) is 1.85. The second-order valence-electron chi connectivity index (χ2n) is 3.75. The van der Waals surface area contributed by atoms with E-state index in [2.05, 4.69) is 5.32 Å². The molecule has 2 saturated heterocycles. The molecule has 0 radical (unpaired) electrons. The van der Waals surface area contributed by atoms with Gasteiger partial charge in [-0.05, 0) is 30.3 Å². The van der Waals surface area contributed by atoms with Gasteiger partial charge in [0.15, 0.2) is 0 Å². The molecule has 0 aromatic rings. The summed E-state index contributed by atoms with van der Waals surface area (Å²) in [4.78, 5) is 23.9. The van der Waals surface area contributed by atoms with E-state index < -0.39 is 0 Å². The number of carbonyl (C=O) groups excluding carboxylic acids is 2. The van der Waals surface area contributed by atoms with Crippen LogP contribution in [0.3, 0.4) is 0 Å². The molecule has 0 aliphatic carbocycles. The molecule has 5 heteroatoms. The molecular formula is C9H14N2O2S. The molecule has 0 bridgehead atoms. The van der Waals surface area contributed by atoms with Gasteiger partial charge in [0.05, 0.1) is 6.54 Å². The summed E-state index contributed by atoms with van der Waals surface area (Å²) < 4.78 is 0. The predicted octanol–water partition coefficient (Wildman–Crippen LogP) is 0.681. The quantitative estimate of drug-likeness (QED) is 0.688. The average Bonchev–Trinajstić information content (AvgIpc) is 2.51. The third-order valence-corrected chi connectivity index (χ3v) is 3.92. The van der Waals surface area contributed by atoms with E-state index in [1.54, 1.807) is 0 Å². The van der Waals surface area contributed by atoms with Crippen molar-refractivity contribution in [3.8, 4) is 0 Å². The molecule has 14 heavy (non-hydrogen) atoms. The van der Waals surface area contributed by atoms with Gasteiger partial charge in [-0.25, -0.2) is 4.79 Å². The van der Waals surface area contributed by atoms with Crippen molar-refractivity contribution in [1.82, 2.24) is 10.2 Å². The van der Waals surface area contributed by atoms with E-state index in [1.807, 2.05) is 11.8 Å². The van der Waals surface area contributed by atoms with Gasteiger partial charge in [-0.3, -0.25) is 9.69 Å². The van der Waals surface area contributed by atoms with E-state index in [4.69, 9.17) is 0 Å². The molecule has 1 N–H and O–H groups in total. The number of nitrogens with one attached hydrogen (secondary N) is 1. The Morgan fingerprint density at radius 3 is 2.93 bits per heavy atom. The predicted molar refractivity (Wildman–Crippen MR) is 55.2 cm³/mol. The molecule has 78 valence electrons. The van der Waals surface area contributed by atoms with Crippen LogP contribution in [0.1, 0.15) is 12.8 Å². The van der Waals surface area contributed by atoms with Crippen molar-refractivity contribution in [3.05, 3.63) is 0 Å². The van der Waals surface area contributed by atoms with Crippen LogP contribution in [0.4, 0.5) is 4.79 Å². The van der Waals surface area contributed by atoms with Gasteiger partial charge >= 0.3 is 6.03 Å². The van der Waals surface area contributed by atoms with E-state index in [-0.39, 0.29) is 18.5 Å². The van der Waals surface area contributed by atoms with Crippen molar-refractivity contribution in [1.29, 1.82) is 0 Å². The molecule has 2 rings (SSSR count). The summed E-state index contributed by atoms with van der Waals surface area (Å²) in [5, 5.41) is 2.54. The van der Waals surface area contributed by atoms with Gasteiger partial charge in [0, 0.05) is 6.54 Å². The molecule has 0 saturated carbocycles. The smallest absolute Gasteiger partial charge is 0.324 e. The number of rotatable bonds is 2. The van der Waals surface area contributed by atoms with E-state index in [1.165, 1.54) is 17.1 Å². The number of thioether (sulfide) groups is 1. The van der Waals surface area contributed by atoms with Crippen molar-refractivity contribution in [2.75, 3.05) is 24.6 Å². The van der Waals surface area contributed by atoms with E-state index in [0.29, 0.717) is 12.5 Å². The zero-order valence-corrected chi connectivity index (χ0v) is 8.81. The number of nitrogens with zero attached hydrogens (tertiary/aromatic N) is 1. The summed E-state index contributed by atoms with van der Waals surface area (Å²) in [5.41, 5.74) is 0. The summed E-state index contributed by atoms with van der Waals surface area (Å²) in [6.45, 7) is 0.788. The zero-order valence-electron chi connectivity index (χ0n) is 7.99. The summed E-state index contributed by atoms with van der Waals surface area (Å²) in [6.07, 6.45) is 2.35. The zero-order chi connectivity index (χ0) is 9.97. The SMILES string of the molecule is O=C1CNC(=O)N1CC1CCCSC1. The number of urea groups is 1. The van der Waals surface area contributed by atoms with Crippen molar-refractivity contribution in [3.63, 3.8) is 0 Å². The van der Waals surface area contributed by atoms with Gasteiger partial charge < -0.3 is 5.32 Å². The van der Waals surface area contributed by atoms with Crippen LogP contribution in [0.15, 0.2) is 0 Å². The lowest BCUT2D eigenvalue weighted by Crippen LogP contribution is -2.36. The van der Waals surface area contributed by atoms with E-state index in [0.717, 1.165) is 12.2 Å². The normalized spacial score (nSPS) is 28.0. The minimum Gasteiger partial charge on any atom is -0.329 e. The Balaban J connectivity index is 1.89. The Labute approximate surface area is 87.4 Å². The summed E-state index contributed by atoms with van der Waals surface area (Å²) in [6, 6.07) is -0.217. The Morgan fingerprint density at radius 2 is 2.36 bits per heavy atom. The van der Waals surface area contributed by atoms with Crippen molar-refractivity contribution >= 4 is 23.7 Å². The lowest BCUT2D eigenvalue weighted by atomic mass is 10.1. The van der Waals surface area contributed by atoms with Crippen LogP contribution in [0.2, 0.25) is 0 Å². The Bertz CT molecular complexity index is 235. The van der Waals surface area contributed by atoms with Crippen LogP contribution in [-0.4, -0.2) is 41.4 Å². The molecule has 1 unspecified atom stereocenters. The van der Waals surface area contributed by atoms with Crippen molar-refractivity contribution in [2.45, 2.75) is 12.8 Å². The molecule has 4 nitrogen and oxygen atoms in total. The highest BCUT2D eigenvalue weighted by Crippen LogP contribution is 2.23. The van der Waals surface area contributed by atoms with Gasteiger partial charge in [0.2, 0.25) is 5.91 Å². The van der Waals surface area contributed by atoms with Gasteiger partial charge in [-0.2, -0.15) is 11.8 Å². The average molecular weight is 214 g/mol. The Morgan fingerprint density at radius 1 is 1.50 bits per heavy atom. The molecule has 2 fully saturated rings. The van der Waals surface area contributed by atoms with Gasteiger partial charge in [0.1, 0.15) is 0 Å². The lowest BCUT2D eigenvalue weighted by molar-refractivity contribution is -0.125. The maximum Gasteiger partial charge on any atom is 0.324 e. The summed E-state index contributed by atoms with van der Waals surface area (Å²) in [7, 11) is 0. The number of carbonyl (C=O) groups is 2. The van der Waals surface area contributed by atoms with Crippen LogP contribution in [-0.2, 0) is 4.79 Å². The number of hydrogen-bond donors (Lipinski definition) is 1. The van der Waals surface area contributed by atoms with Crippen LogP contribution in [0, 0.1) is 5.92 Å². The van der Waals surface area contributed by atoms with E-state index >= 15 is 0 Å². The fourth-order valence-corrected chi connectivity index (χ4v) is 2.99. The van der Waals surface area contributed by atoms with Gasteiger partial charge in [0.25, 0.3) is 0 Å². The maximum atomic E-state index is 11.3. The number of hydrogen-bond acceptors (Lipinski definition) is 3. The second kappa shape index (κ2) is 4.21. The molecule has 2 aliphatic heterocycles. The van der Waals surface area contributed by atoms with Crippen LogP contribution < -0.4 is 5.32 Å². The summed E-state index contributed by atoms with van der Waals surface area (Å²) in [5.74, 6) is 2.72. The molecule has 0 aromatic heterocycles. The Kier molecular flexibility index (Phi) is 2.96. The molecular weight excluding hydrogens is 200 g/mol. The molecule has 2 heterocycles. The van der Waals surface area contributed by atoms with Crippen LogP contribution >= 0.6 is 11.8 Å². The highest BCUT2D eigenvalue weighted by atomic mass is 32.2. The number of amides is 3. The first-order valence-electron chi connectivity index (χ1n) is 4.93. The molecule has 2 aliphatic rings. The Hall–Kier alpha value is -0.710. The summed E-state index contributed by atoms with van der Waals surface area (Å²) >= 11 is 1.92. The van der Waals surface area contributed by atoms with Gasteiger partial charge in [-0.1, -0.05) is 0 Å². The van der Waals surface area contributed by atoms with Crippen molar-refractivity contribution < 1.29 is 9.59 Å². The van der Waals surface area contributed by atoms with Gasteiger partial charge in [-0.15, -0.1) is 0 Å². The monoisotopic (exact) mass is 214 g/mol. The van der Waals surface area contributed by atoms with Crippen LogP contribution in [0.25, 0.3) is 0 Å². The second-order valence-corrected chi connectivity index (χ2v) is 4.90. The highest BCUT2D eigenvalue weighted by Gasteiger charge is 2.30. The van der Waals surface area contributed by atoms with Crippen LogP contribution in [0.5, 0.6) is 0 Å². The fraction of sp³-hybridized carbons (Fsp3) is 0.778.